The zero-order chi connectivity index (χ0) is 29.8. The van der Waals surface area contributed by atoms with Gasteiger partial charge in [-0.25, -0.2) is 28.2 Å². The van der Waals surface area contributed by atoms with E-state index in [4.69, 9.17) is 45.1 Å². The number of methoxy groups -OCH3 is 1. The van der Waals surface area contributed by atoms with Crippen LogP contribution in [-0.4, -0.2) is 38.7 Å². The Hall–Kier alpha value is -4.68. The molecule has 10 nitrogen and oxygen atoms in total. The minimum Gasteiger partial charge on any atom is -0.452 e. The largest absolute Gasteiger partial charge is 0.452 e. The van der Waals surface area contributed by atoms with Gasteiger partial charge in [-0.2, -0.15) is 5.10 Å². The van der Waals surface area contributed by atoms with Crippen molar-refractivity contribution >= 4 is 52.0 Å². The topological polar surface area (TPSA) is 151 Å². The molecule has 0 saturated carbocycles. The number of rotatable bonds is 8. The van der Waals surface area contributed by atoms with Crippen molar-refractivity contribution in [1.82, 2.24) is 19.7 Å². The van der Waals surface area contributed by atoms with Crippen LogP contribution in [0.2, 0.25) is 10.0 Å². The third kappa shape index (κ3) is 6.39. The summed E-state index contributed by atoms with van der Waals surface area (Å²) in [4.78, 5) is 22.2. The Kier molecular flexibility index (Phi) is 8.74. The Balaban J connectivity index is 1.75. The zero-order valence-electron chi connectivity index (χ0n) is 21.6. The van der Waals surface area contributed by atoms with Crippen molar-refractivity contribution in [3.63, 3.8) is 0 Å². The van der Waals surface area contributed by atoms with E-state index in [1.807, 2.05) is 0 Å². The highest BCUT2D eigenvalue weighted by Gasteiger charge is 2.26. The molecular weight excluding hydrogens is 577 g/mol. The van der Waals surface area contributed by atoms with Crippen LogP contribution in [0.1, 0.15) is 16.8 Å². The van der Waals surface area contributed by atoms with Gasteiger partial charge in [0.15, 0.2) is 5.84 Å². The molecule has 0 saturated heterocycles. The number of carbonyl (C=O) groups is 1. The van der Waals surface area contributed by atoms with Gasteiger partial charge in [-0.3, -0.25) is 4.90 Å². The van der Waals surface area contributed by atoms with E-state index in [-0.39, 0.29) is 46.7 Å². The predicted octanol–water partition coefficient (Wildman–Crippen LogP) is 4.75. The van der Waals surface area contributed by atoms with Crippen molar-refractivity contribution in [2.45, 2.75) is 13.0 Å². The molecule has 2 aromatic heterocycles. The van der Waals surface area contributed by atoms with E-state index >= 15 is 0 Å². The molecule has 4 aromatic rings. The molecule has 0 fully saturated rings. The number of carbonyl (C=O) groups excluding carboxylic acids is 1. The number of aliphatic imine (C=N–C) groups is 1. The number of ether oxygens (including phenoxy) is 1. The Morgan fingerprint density at radius 3 is 2.51 bits per heavy atom. The second-order valence-corrected chi connectivity index (χ2v) is 9.50. The van der Waals surface area contributed by atoms with Gasteiger partial charge in [-0.15, -0.1) is 0 Å². The van der Waals surface area contributed by atoms with Crippen molar-refractivity contribution in [2.75, 3.05) is 7.11 Å². The van der Waals surface area contributed by atoms with Crippen LogP contribution in [0, 0.1) is 11.6 Å². The standard InChI is InChI=1S/C27H24Cl2F2N8O2/c1-14(39-22-11-18(30)12-35-23(22)21(37-39)9-15-5-3-4-6-20(15)31)36-26(34)24(25(32)33)38(27(40)41-2)13-16-7-8-17(28)10-19(16)29/h3-8,10-12H,1,9,13,32-33H2,2H3,(H2,34,36). The van der Waals surface area contributed by atoms with Gasteiger partial charge in [-0.05, 0) is 29.3 Å². The van der Waals surface area contributed by atoms with E-state index in [0.717, 1.165) is 18.2 Å². The van der Waals surface area contributed by atoms with E-state index < -0.39 is 17.7 Å². The minimum atomic E-state index is -0.869. The molecule has 1 amide bonds. The summed E-state index contributed by atoms with van der Waals surface area (Å²) in [5.41, 5.74) is 19.6. The Labute approximate surface area is 243 Å². The lowest BCUT2D eigenvalue weighted by Crippen LogP contribution is -2.40. The van der Waals surface area contributed by atoms with E-state index in [0.29, 0.717) is 27.4 Å². The molecule has 0 bridgehead atoms. The number of halogens is 4. The molecule has 212 valence electrons. The lowest BCUT2D eigenvalue weighted by molar-refractivity contribution is 0.135. The van der Waals surface area contributed by atoms with Crippen LogP contribution in [0.4, 0.5) is 13.6 Å². The number of hydrogen-bond donors (Lipinski definition) is 3. The molecule has 0 spiro atoms. The summed E-state index contributed by atoms with van der Waals surface area (Å²) in [6, 6.07) is 12.0. The fourth-order valence-corrected chi connectivity index (χ4v) is 4.49. The third-order valence-corrected chi connectivity index (χ3v) is 6.48. The number of nitrogens with zero attached hydrogens (tertiary/aromatic N) is 5. The van der Waals surface area contributed by atoms with Gasteiger partial charge in [0.05, 0.1) is 31.1 Å². The summed E-state index contributed by atoms with van der Waals surface area (Å²) in [5, 5.41) is 5.11. The monoisotopic (exact) mass is 600 g/mol. The number of amides is 1. The predicted molar refractivity (Wildman–Crippen MR) is 153 cm³/mol. The summed E-state index contributed by atoms with van der Waals surface area (Å²) < 4.78 is 34.7. The van der Waals surface area contributed by atoms with Crippen LogP contribution in [-0.2, 0) is 17.7 Å². The number of nitrogens with two attached hydrogens (primary N) is 3. The van der Waals surface area contributed by atoms with Gasteiger partial charge in [0.2, 0.25) is 0 Å². The Morgan fingerprint density at radius 2 is 1.85 bits per heavy atom. The van der Waals surface area contributed by atoms with E-state index in [1.54, 1.807) is 30.3 Å². The molecule has 0 aliphatic rings. The van der Waals surface area contributed by atoms with Crippen LogP contribution < -0.4 is 17.2 Å². The summed E-state index contributed by atoms with van der Waals surface area (Å²) in [6.07, 6.45) is 0.206. The maximum absolute atomic E-state index is 14.4. The van der Waals surface area contributed by atoms with Crippen LogP contribution in [0.15, 0.2) is 77.8 Å². The molecule has 2 aromatic carbocycles. The van der Waals surface area contributed by atoms with Gasteiger partial charge in [-0.1, -0.05) is 54.0 Å². The second kappa shape index (κ2) is 12.2. The molecule has 4 rings (SSSR count). The number of aromatic nitrogens is 3. The third-order valence-electron chi connectivity index (χ3n) is 5.89. The highest BCUT2D eigenvalue weighted by Crippen LogP contribution is 2.26. The first-order chi connectivity index (χ1) is 19.5. The number of pyridine rings is 1. The van der Waals surface area contributed by atoms with E-state index in [2.05, 4.69) is 21.7 Å². The minimum absolute atomic E-state index is 0.0557. The fraction of sp³-hybridized carbons (Fsp3) is 0.111. The average Bonchev–Trinajstić information content (AvgIpc) is 3.27. The lowest BCUT2D eigenvalue weighted by Gasteiger charge is -2.25. The molecule has 0 unspecified atom stereocenters. The molecule has 6 N–H and O–H groups in total. The fourth-order valence-electron chi connectivity index (χ4n) is 4.02. The highest BCUT2D eigenvalue weighted by molar-refractivity contribution is 6.35. The van der Waals surface area contributed by atoms with Crippen molar-refractivity contribution in [2.24, 2.45) is 22.2 Å². The quantitative estimate of drug-likeness (QED) is 0.195. The number of fused-ring (bicyclic) bond motifs is 1. The normalized spacial score (nSPS) is 11.4. The van der Waals surface area contributed by atoms with Crippen LogP contribution in [0.25, 0.3) is 16.9 Å². The smallest absolute Gasteiger partial charge is 0.414 e. The summed E-state index contributed by atoms with van der Waals surface area (Å²) >= 11 is 12.3. The second-order valence-electron chi connectivity index (χ2n) is 8.66. The molecule has 0 radical (unpaired) electrons. The van der Waals surface area contributed by atoms with Gasteiger partial charge < -0.3 is 21.9 Å². The first-order valence-corrected chi connectivity index (χ1v) is 12.6. The maximum Gasteiger partial charge on any atom is 0.414 e. The van der Waals surface area contributed by atoms with Crippen molar-refractivity contribution in [3.05, 3.63) is 111 Å². The molecular formula is C27H24Cl2F2N8O2. The summed E-state index contributed by atoms with van der Waals surface area (Å²) in [5.74, 6) is -1.89. The molecule has 41 heavy (non-hydrogen) atoms. The van der Waals surface area contributed by atoms with Crippen molar-refractivity contribution in [3.8, 4) is 0 Å². The van der Waals surface area contributed by atoms with Crippen molar-refractivity contribution < 1.29 is 18.3 Å². The number of benzene rings is 2. The highest BCUT2D eigenvalue weighted by atomic mass is 35.5. The summed E-state index contributed by atoms with van der Waals surface area (Å²) in [6.45, 7) is 3.73. The van der Waals surface area contributed by atoms with Gasteiger partial charge in [0, 0.05) is 22.5 Å². The first kappa shape index (κ1) is 29.3. The Bertz CT molecular complexity index is 1720. The van der Waals surface area contributed by atoms with Gasteiger partial charge in [0.1, 0.15) is 34.5 Å². The van der Waals surface area contributed by atoms with Gasteiger partial charge in [0.25, 0.3) is 0 Å². The Morgan fingerprint density at radius 1 is 1.12 bits per heavy atom. The molecule has 0 atom stereocenters. The zero-order valence-corrected chi connectivity index (χ0v) is 23.1. The number of amidine groups is 1. The summed E-state index contributed by atoms with van der Waals surface area (Å²) in [7, 11) is 1.16. The van der Waals surface area contributed by atoms with E-state index in [9.17, 15) is 13.6 Å². The van der Waals surface area contributed by atoms with E-state index in [1.165, 1.54) is 22.9 Å². The molecule has 0 aliphatic heterocycles. The van der Waals surface area contributed by atoms with Crippen LogP contribution in [0.3, 0.4) is 0 Å². The van der Waals surface area contributed by atoms with Crippen molar-refractivity contribution in [1.29, 1.82) is 0 Å². The molecule has 14 heteroatoms. The van der Waals surface area contributed by atoms with Crippen LogP contribution >= 0.6 is 23.2 Å². The van der Waals surface area contributed by atoms with Gasteiger partial charge >= 0.3 is 6.09 Å². The number of hydrogen-bond acceptors (Lipinski definition) is 7. The molecule has 2 heterocycles. The average molecular weight is 601 g/mol. The first-order valence-electron chi connectivity index (χ1n) is 11.8. The van der Waals surface area contributed by atoms with Crippen LogP contribution in [0.5, 0.6) is 0 Å². The SMILES string of the molecule is C=C(N=C(N)C(=C(N)N)N(Cc1ccc(Cl)cc1Cl)C(=O)OC)n1nc(Cc2ccccc2F)c2ncc(F)cc21. The lowest BCUT2D eigenvalue weighted by atomic mass is 10.1. The molecule has 0 aliphatic carbocycles. The maximum atomic E-state index is 14.4.